The van der Waals surface area contributed by atoms with E-state index in [2.05, 4.69) is 20.9 Å². The highest BCUT2D eigenvalue weighted by atomic mass is 16.6. The highest BCUT2D eigenvalue weighted by Gasteiger charge is 2.23. The Kier molecular flexibility index (Phi) is 3.72. The van der Waals surface area contributed by atoms with E-state index in [0.29, 0.717) is 18.8 Å². The Bertz CT molecular complexity index is 445. The molecule has 1 atom stereocenters. The third-order valence-electron chi connectivity index (χ3n) is 2.38. The van der Waals surface area contributed by atoms with E-state index in [1.54, 1.807) is 10.9 Å². The molecule has 1 aromatic rings. The Hall–Kier alpha value is -2.16. The predicted molar refractivity (Wildman–Crippen MR) is 59.2 cm³/mol. The van der Waals surface area contributed by atoms with Crippen LogP contribution in [0.25, 0.3) is 0 Å². The maximum absolute atomic E-state index is 10.9. The van der Waals surface area contributed by atoms with E-state index >= 15 is 0 Å². The van der Waals surface area contributed by atoms with E-state index in [9.17, 15) is 9.59 Å². The normalized spacial score (nSPS) is 18.3. The lowest BCUT2D eigenvalue weighted by atomic mass is 10.3. The maximum atomic E-state index is 10.9. The van der Waals surface area contributed by atoms with Crippen LogP contribution < -0.4 is 16.4 Å². The molecule has 0 radical (unpaired) electrons. The van der Waals surface area contributed by atoms with Crippen molar-refractivity contribution in [1.82, 2.24) is 25.6 Å². The summed E-state index contributed by atoms with van der Waals surface area (Å²) in [6.45, 7) is 1.10. The van der Waals surface area contributed by atoms with Crippen molar-refractivity contribution in [3.63, 3.8) is 0 Å². The molecule has 1 aliphatic rings. The summed E-state index contributed by atoms with van der Waals surface area (Å²) in [5, 5.41) is 12.9. The van der Waals surface area contributed by atoms with E-state index in [1.165, 1.54) is 0 Å². The quantitative estimate of drug-likeness (QED) is 0.556. The molecule has 1 aliphatic heterocycles. The Morgan fingerprint density at radius 3 is 3.22 bits per heavy atom. The molecule has 2 heterocycles. The SMILES string of the molecule is NCC(=O)NCc1cn(CC2CNC(=O)O2)nn1. The van der Waals surface area contributed by atoms with Crippen molar-refractivity contribution in [1.29, 1.82) is 0 Å². The number of ether oxygens (including phenoxy) is 1. The van der Waals surface area contributed by atoms with E-state index < -0.39 is 6.09 Å². The molecular formula is C9H14N6O3. The van der Waals surface area contributed by atoms with Crippen molar-refractivity contribution in [2.75, 3.05) is 13.1 Å². The lowest BCUT2D eigenvalue weighted by Gasteiger charge is -2.05. The molecule has 1 unspecified atom stereocenters. The first-order chi connectivity index (χ1) is 8.67. The van der Waals surface area contributed by atoms with Crippen LogP contribution in [0.2, 0.25) is 0 Å². The first kappa shape index (κ1) is 12.3. The lowest BCUT2D eigenvalue weighted by Crippen LogP contribution is -2.29. The second-order valence-corrected chi connectivity index (χ2v) is 3.82. The molecule has 18 heavy (non-hydrogen) atoms. The van der Waals surface area contributed by atoms with Gasteiger partial charge in [0.2, 0.25) is 5.91 Å². The van der Waals surface area contributed by atoms with Gasteiger partial charge in [0.05, 0.1) is 32.4 Å². The fourth-order valence-electron chi connectivity index (χ4n) is 1.51. The van der Waals surface area contributed by atoms with Crippen LogP contribution in [0.3, 0.4) is 0 Å². The van der Waals surface area contributed by atoms with Crippen LogP contribution in [0, 0.1) is 0 Å². The monoisotopic (exact) mass is 254 g/mol. The average Bonchev–Trinajstić information content (AvgIpc) is 2.96. The molecule has 1 fully saturated rings. The molecule has 1 aromatic heterocycles. The molecule has 2 amide bonds. The molecule has 2 rings (SSSR count). The van der Waals surface area contributed by atoms with Gasteiger partial charge in [-0.05, 0) is 0 Å². The number of nitrogens with zero attached hydrogens (tertiary/aromatic N) is 3. The van der Waals surface area contributed by atoms with Gasteiger partial charge in [0.25, 0.3) is 0 Å². The number of hydrogen-bond donors (Lipinski definition) is 3. The van der Waals surface area contributed by atoms with Gasteiger partial charge in [0.1, 0.15) is 11.8 Å². The Morgan fingerprint density at radius 2 is 2.56 bits per heavy atom. The lowest BCUT2D eigenvalue weighted by molar-refractivity contribution is -0.119. The third kappa shape index (κ3) is 3.17. The Labute approximate surface area is 103 Å². The van der Waals surface area contributed by atoms with Crippen molar-refractivity contribution >= 4 is 12.0 Å². The minimum atomic E-state index is -0.421. The zero-order chi connectivity index (χ0) is 13.0. The fourth-order valence-corrected chi connectivity index (χ4v) is 1.51. The molecule has 9 heteroatoms. The molecule has 0 aliphatic carbocycles. The molecule has 0 bridgehead atoms. The van der Waals surface area contributed by atoms with Gasteiger partial charge in [-0.1, -0.05) is 5.21 Å². The van der Waals surface area contributed by atoms with Crippen molar-refractivity contribution in [2.45, 2.75) is 19.2 Å². The van der Waals surface area contributed by atoms with E-state index in [0.717, 1.165) is 0 Å². The standard InChI is InChI=1S/C9H14N6O3/c10-1-8(16)11-2-6-4-15(14-13-6)5-7-3-12-9(17)18-7/h4,7H,1-3,5,10H2,(H,11,16)(H,12,17). The second kappa shape index (κ2) is 5.45. The summed E-state index contributed by atoms with van der Waals surface area (Å²) in [4.78, 5) is 21.8. The number of alkyl carbamates (subject to hydrolysis) is 1. The van der Waals surface area contributed by atoms with Gasteiger partial charge >= 0.3 is 6.09 Å². The molecule has 9 nitrogen and oxygen atoms in total. The zero-order valence-electron chi connectivity index (χ0n) is 9.63. The second-order valence-electron chi connectivity index (χ2n) is 3.82. The number of cyclic esters (lactones) is 1. The summed E-state index contributed by atoms with van der Waals surface area (Å²) < 4.78 is 6.53. The van der Waals surface area contributed by atoms with Gasteiger partial charge in [-0.2, -0.15) is 0 Å². The summed E-state index contributed by atoms with van der Waals surface area (Å²) >= 11 is 0. The maximum Gasteiger partial charge on any atom is 0.407 e. The van der Waals surface area contributed by atoms with Gasteiger partial charge in [-0.3, -0.25) is 4.79 Å². The average molecular weight is 254 g/mol. The van der Waals surface area contributed by atoms with Crippen LogP contribution in [0.4, 0.5) is 4.79 Å². The molecular weight excluding hydrogens is 240 g/mol. The first-order valence-corrected chi connectivity index (χ1v) is 5.47. The van der Waals surface area contributed by atoms with Crippen LogP contribution in [-0.2, 0) is 22.6 Å². The topological polar surface area (TPSA) is 124 Å². The minimum absolute atomic E-state index is 0.0577. The number of amides is 2. The smallest absolute Gasteiger partial charge is 0.407 e. The largest absolute Gasteiger partial charge is 0.442 e. The molecule has 0 spiro atoms. The van der Waals surface area contributed by atoms with Crippen LogP contribution in [-0.4, -0.2) is 46.2 Å². The molecule has 1 saturated heterocycles. The Morgan fingerprint density at radius 1 is 1.72 bits per heavy atom. The summed E-state index contributed by atoms with van der Waals surface area (Å²) in [7, 11) is 0. The van der Waals surface area contributed by atoms with E-state index in [4.69, 9.17) is 10.5 Å². The molecule has 4 N–H and O–H groups in total. The van der Waals surface area contributed by atoms with Crippen molar-refractivity contribution in [3.05, 3.63) is 11.9 Å². The summed E-state index contributed by atoms with van der Waals surface area (Å²) in [5.41, 5.74) is 5.77. The number of aromatic nitrogens is 3. The Balaban J connectivity index is 1.82. The van der Waals surface area contributed by atoms with E-state index in [-0.39, 0.29) is 25.1 Å². The zero-order valence-corrected chi connectivity index (χ0v) is 9.63. The van der Waals surface area contributed by atoms with Crippen molar-refractivity contribution in [2.24, 2.45) is 5.73 Å². The van der Waals surface area contributed by atoms with E-state index in [1.807, 2.05) is 0 Å². The number of nitrogens with one attached hydrogen (secondary N) is 2. The van der Waals surface area contributed by atoms with Crippen molar-refractivity contribution in [3.8, 4) is 0 Å². The fraction of sp³-hybridized carbons (Fsp3) is 0.556. The van der Waals surface area contributed by atoms with Crippen LogP contribution in [0.5, 0.6) is 0 Å². The van der Waals surface area contributed by atoms with Gasteiger partial charge in [0.15, 0.2) is 0 Å². The van der Waals surface area contributed by atoms with Gasteiger partial charge < -0.3 is 21.1 Å². The highest BCUT2D eigenvalue weighted by molar-refractivity contribution is 5.77. The number of nitrogens with two attached hydrogens (primary N) is 1. The van der Waals surface area contributed by atoms with Crippen LogP contribution in [0.1, 0.15) is 5.69 Å². The van der Waals surface area contributed by atoms with Crippen LogP contribution in [0.15, 0.2) is 6.20 Å². The molecule has 0 aromatic carbocycles. The third-order valence-corrected chi connectivity index (χ3v) is 2.38. The predicted octanol–water partition coefficient (Wildman–Crippen LogP) is -2.04. The summed E-state index contributed by atoms with van der Waals surface area (Å²) in [6.07, 6.45) is 1.02. The summed E-state index contributed by atoms with van der Waals surface area (Å²) in [5.74, 6) is -0.251. The molecule has 98 valence electrons. The number of carbonyl (C=O) groups is 2. The highest BCUT2D eigenvalue weighted by Crippen LogP contribution is 2.03. The first-order valence-electron chi connectivity index (χ1n) is 5.47. The van der Waals surface area contributed by atoms with Crippen LogP contribution >= 0.6 is 0 Å². The minimum Gasteiger partial charge on any atom is -0.442 e. The number of carbonyl (C=O) groups excluding carboxylic acids is 2. The van der Waals surface area contributed by atoms with Gasteiger partial charge in [-0.25, -0.2) is 9.48 Å². The molecule has 0 saturated carbocycles. The van der Waals surface area contributed by atoms with Gasteiger partial charge in [0, 0.05) is 0 Å². The number of rotatable bonds is 5. The van der Waals surface area contributed by atoms with Crippen molar-refractivity contribution < 1.29 is 14.3 Å². The summed E-state index contributed by atoms with van der Waals surface area (Å²) in [6, 6.07) is 0. The number of hydrogen-bond acceptors (Lipinski definition) is 6. The van der Waals surface area contributed by atoms with Gasteiger partial charge in [-0.15, -0.1) is 5.10 Å².